The van der Waals surface area contributed by atoms with E-state index >= 15 is 0 Å². The Balaban J connectivity index is 2.28. The fourth-order valence-corrected chi connectivity index (χ4v) is 3.74. The third kappa shape index (κ3) is 7.42. The van der Waals surface area contributed by atoms with Gasteiger partial charge in [-0.15, -0.1) is 0 Å². The maximum Gasteiger partial charge on any atom is 0.337 e. The lowest BCUT2D eigenvalue weighted by Gasteiger charge is -2.36. The summed E-state index contributed by atoms with van der Waals surface area (Å²) in [4.78, 5) is 41.5. The standard InChI is InChI=1S/C23H39N5O6/c1-6-15(7-2)32-17-11-14(10-16(28-22(25)26)19(17)27-13(5)29)20(30)33-23(8-9-23)34-21(31)18(24)12(3)4/h11-12,15-19H,6-10,24H2,1-5H3,(H,27,29)(H4,25,26,28)/t16-,17+,18+,19+/m0/s1. The van der Waals surface area contributed by atoms with E-state index in [1.807, 2.05) is 13.8 Å². The Bertz CT molecular complexity index is 815. The van der Waals surface area contributed by atoms with Gasteiger partial charge < -0.3 is 36.7 Å². The average molecular weight is 482 g/mol. The van der Waals surface area contributed by atoms with E-state index in [1.165, 1.54) is 6.92 Å². The number of carbonyl (C=O) groups excluding carboxylic acids is 3. The van der Waals surface area contributed by atoms with Crippen LogP contribution in [0.5, 0.6) is 0 Å². The van der Waals surface area contributed by atoms with Crippen molar-refractivity contribution < 1.29 is 28.6 Å². The van der Waals surface area contributed by atoms with Gasteiger partial charge in [0.15, 0.2) is 5.96 Å². The first kappa shape index (κ1) is 27.6. The number of esters is 2. The number of ether oxygens (including phenoxy) is 3. The van der Waals surface area contributed by atoms with Crippen LogP contribution >= 0.6 is 0 Å². The Labute approximate surface area is 200 Å². The second-order valence-corrected chi connectivity index (χ2v) is 9.27. The van der Waals surface area contributed by atoms with Crippen LogP contribution in [-0.4, -0.2) is 59.9 Å². The molecule has 1 amide bonds. The highest BCUT2D eigenvalue weighted by Gasteiger charge is 2.53. The number of hydrogen-bond acceptors (Lipinski definition) is 8. The number of hydrogen-bond donors (Lipinski definition) is 4. The third-order valence-corrected chi connectivity index (χ3v) is 5.98. The molecule has 34 heavy (non-hydrogen) atoms. The largest absolute Gasteiger partial charge is 0.421 e. The van der Waals surface area contributed by atoms with Crippen molar-refractivity contribution in [2.45, 2.75) is 103 Å². The van der Waals surface area contributed by atoms with Gasteiger partial charge in [0, 0.05) is 31.8 Å². The Morgan fingerprint density at radius 2 is 1.79 bits per heavy atom. The molecule has 0 saturated heterocycles. The van der Waals surface area contributed by atoms with Crippen molar-refractivity contribution in [3.8, 4) is 0 Å². The molecule has 192 valence electrons. The molecule has 2 aliphatic carbocycles. The van der Waals surface area contributed by atoms with Crippen LogP contribution in [0.1, 0.15) is 66.7 Å². The molecule has 7 N–H and O–H groups in total. The van der Waals surface area contributed by atoms with E-state index in [4.69, 9.17) is 31.4 Å². The summed E-state index contributed by atoms with van der Waals surface area (Å²) in [5.41, 5.74) is 17.4. The van der Waals surface area contributed by atoms with Crippen LogP contribution in [0.15, 0.2) is 16.6 Å². The molecule has 0 aromatic rings. The molecule has 11 nitrogen and oxygen atoms in total. The average Bonchev–Trinajstić information content (AvgIpc) is 3.50. The number of aliphatic imine (C=N–C) groups is 1. The summed E-state index contributed by atoms with van der Waals surface area (Å²) in [6.45, 7) is 8.98. The minimum Gasteiger partial charge on any atom is -0.421 e. The van der Waals surface area contributed by atoms with Gasteiger partial charge in [-0.1, -0.05) is 27.7 Å². The molecule has 0 heterocycles. The summed E-state index contributed by atoms with van der Waals surface area (Å²) >= 11 is 0. The normalized spacial score (nSPS) is 24.1. The zero-order valence-electron chi connectivity index (χ0n) is 20.7. The van der Waals surface area contributed by atoms with Crippen molar-refractivity contribution in [1.82, 2.24) is 5.32 Å². The highest BCUT2D eigenvalue weighted by molar-refractivity contribution is 5.90. The summed E-state index contributed by atoms with van der Waals surface area (Å²) in [6.07, 6.45) is 3.26. The predicted molar refractivity (Wildman–Crippen MR) is 126 cm³/mol. The molecule has 0 bridgehead atoms. The molecule has 2 rings (SSSR count). The number of carbonyl (C=O) groups is 3. The first-order chi connectivity index (χ1) is 15.9. The van der Waals surface area contributed by atoms with Crippen LogP contribution in [0.4, 0.5) is 0 Å². The Hall–Kier alpha value is -2.66. The van der Waals surface area contributed by atoms with Gasteiger partial charge in [0.2, 0.25) is 5.91 Å². The maximum absolute atomic E-state index is 13.1. The van der Waals surface area contributed by atoms with E-state index < -0.39 is 42.0 Å². The number of guanidine groups is 1. The molecule has 2 aliphatic rings. The van der Waals surface area contributed by atoms with Gasteiger partial charge >= 0.3 is 11.9 Å². The summed E-state index contributed by atoms with van der Waals surface area (Å²) in [7, 11) is 0. The van der Waals surface area contributed by atoms with Gasteiger partial charge in [0.25, 0.3) is 5.79 Å². The number of amides is 1. The quantitative estimate of drug-likeness (QED) is 0.142. The maximum atomic E-state index is 13.1. The van der Waals surface area contributed by atoms with E-state index in [0.29, 0.717) is 12.8 Å². The summed E-state index contributed by atoms with van der Waals surface area (Å²) in [5, 5.41) is 2.85. The molecule has 11 heteroatoms. The number of rotatable bonds is 11. The van der Waals surface area contributed by atoms with Crippen LogP contribution in [0.3, 0.4) is 0 Å². The molecule has 0 unspecified atom stereocenters. The highest BCUT2D eigenvalue weighted by atomic mass is 16.7. The minimum atomic E-state index is -1.31. The zero-order chi connectivity index (χ0) is 25.6. The third-order valence-electron chi connectivity index (χ3n) is 5.98. The highest BCUT2D eigenvalue weighted by Crippen LogP contribution is 2.42. The summed E-state index contributed by atoms with van der Waals surface area (Å²) in [6, 6.07) is -2.03. The predicted octanol–water partition coefficient (Wildman–Crippen LogP) is 0.597. The first-order valence-electron chi connectivity index (χ1n) is 11.8. The lowest BCUT2D eigenvalue weighted by Crippen LogP contribution is -2.54. The molecule has 1 saturated carbocycles. The zero-order valence-corrected chi connectivity index (χ0v) is 20.7. The van der Waals surface area contributed by atoms with E-state index in [2.05, 4.69) is 10.3 Å². The number of nitrogens with zero attached hydrogens (tertiary/aromatic N) is 1. The molecule has 0 spiro atoms. The van der Waals surface area contributed by atoms with Crippen molar-refractivity contribution in [3.63, 3.8) is 0 Å². The molecule has 0 aliphatic heterocycles. The lowest BCUT2D eigenvalue weighted by atomic mass is 9.87. The van der Waals surface area contributed by atoms with Crippen LogP contribution in [0.25, 0.3) is 0 Å². The van der Waals surface area contributed by atoms with Gasteiger partial charge in [0.1, 0.15) is 6.04 Å². The Morgan fingerprint density at radius 3 is 2.26 bits per heavy atom. The molecule has 4 atom stereocenters. The second kappa shape index (κ2) is 11.7. The molecular weight excluding hydrogens is 442 g/mol. The van der Waals surface area contributed by atoms with Gasteiger partial charge in [-0.3, -0.25) is 9.59 Å². The topological polar surface area (TPSA) is 181 Å². The molecule has 0 aromatic heterocycles. The summed E-state index contributed by atoms with van der Waals surface area (Å²) in [5.74, 6) is -3.15. The van der Waals surface area contributed by atoms with Gasteiger partial charge in [-0.05, 0) is 24.8 Å². The Morgan fingerprint density at radius 1 is 1.18 bits per heavy atom. The monoisotopic (exact) mass is 481 g/mol. The van der Waals surface area contributed by atoms with Crippen molar-refractivity contribution >= 4 is 23.8 Å². The fraction of sp³-hybridized carbons (Fsp3) is 0.739. The smallest absolute Gasteiger partial charge is 0.337 e. The van der Waals surface area contributed by atoms with Crippen molar-refractivity contribution in [3.05, 3.63) is 11.6 Å². The molecule has 0 aromatic carbocycles. The molecular formula is C23H39N5O6. The second-order valence-electron chi connectivity index (χ2n) is 9.27. The SMILES string of the molecule is CCC(CC)O[C@@H]1C=C(C(=O)OC2(OC(=O)[C@H](N)C(C)C)CC2)C[C@H](N=C(N)N)[C@H]1NC(C)=O. The van der Waals surface area contributed by atoms with Crippen LogP contribution < -0.4 is 22.5 Å². The minimum absolute atomic E-state index is 0.0963. The van der Waals surface area contributed by atoms with Crippen molar-refractivity contribution in [2.75, 3.05) is 0 Å². The molecule has 0 radical (unpaired) electrons. The lowest BCUT2D eigenvalue weighted by molar-refractivity contribution is -0.195. The van der Waals surface area contributed by atoms with E-state index in [1.54, 1.807) is 19.9 Å². The Kier molecular flexibility index (Phi) is 9.45. The van der Waals surface area contributed by atoms with Gasteiger partial charge in [-0.25, -0.2) is 9.79 Å². The van der Waals surface area contributed by atoms with Crippen LogP contribution in [-0.2, 0) is 28.6 Å². The number of nitrogens with one attached hydrogen (secondary N) is 1. The van der Waals surface area contributed by atoms with Crippen molar-refractivity contribution in [1.29, 1.82) is 0 Å². The number of nitrogens with two attached hydrogens (primary N) is 3. The van der Waals surface area contributed by atoms with Gasteiger partial charge in [-0.2, -0.15) is 0 Å². The summed E-state index contributed by atoms with van der Waals surface area (Å²) < 4.78 is 17.3. The first-order valence-corrected chi connectivity index (χ1v) is 11.8. The van der Waals surface area contributed by atoms with Crippen LogP contribution in [0, 0.1) is 5.92 Å². The molecule has 1 fully saturated rings. The van der Waals surface area contributed by atoms with Crippen LogP contribution in [0.2, 0.25) is 0 Å². The van der Waals surface area contributed by atoms with E-state index in [9.17, 15) is 14.4 Å². The fourth-order valence-electron chi connectivity index (χ4n) is 3.74. The van der Waals surface area contributed by atoms with Crippen molar-refractivity contribution in [2.24, 2.45) is 28.1 Å². The van der Waals surface area contributed by atoms with E-state index in [0.717, 1.165) is 12.8 Å². The van der Waals surface area contributed by atoms with E-state index in [-0.39, 0.29) is 35.9 Å². The van der Waals surface area contributed by atoms with Gasteiger partial charge in [0.05, 0.1) is 24.3 Å².